The molecule has 0 bridgehead atoms. The normalized spacial score (nSPS) is 15.9. The van der Waals surface area contributed by atoms with E-state index >= 15 is 0 Å². The van der Waals surface area contributed by atoms with Gasteiger partial charge in [-0.15, -0.1) is 0 Å². The van der Waals surface area contributed by atoms with E-state index in [1.54, 1.807) is 35.2 Å². The minimum absolute atomic E-state index is 0.00155. The van der Waals surface area contributed by atoms with Crippen LogP contribution < -0.4 is 10.1 Å². The van der Waals surface area contributed by atoms with E-state index in [1.165, 1.54) is 0 Å². The second-order valence-corrected chi connectivity index (χ2v) is 8.50. The molecule has 1 atom stereocenters. The van der Waals surface area contributed by atoms with Crippen LogP contribution in [-0.2, 0) is 9.59 Å². The molecule has 0 aliphatic carbocycles. The van der Waals surface area contributed by atoms with Gasteiger partial charge in [-0.1, -0.05) is 37.3 Å². The molecular weight excluding hydrogens is 434 g/mol. The van der Waals surface area contributed by atoms with Crippen molar-refractivity contribution in [2.24, 2.45) is 0 Å². The number of likely N-dealkylation sites (tertiary alicyclic amines) is 1. The van der Waals surface area contributed by atoms with Gasteiger partial charge < -0.3 is 15.0 Å². The molecule has 1 unspecified atom stereocenters. The van der Waals surface area contributed by atoms with Crippen LogP contribution in [0.5, 0.6) is 5.75 Å². The Kier molecular flexibility index (Phi) is 7.25. The van der Waals surface area contributed by atoms with Gasteiger partial charge in [-0.05, 0) is 37.5 Å². The van der Waals surface area contributed by atoms with Gasteiger partial charge >= 0.3 is 0 Å². The number of fused-ring (bicyclic) bond motifs is 1. The zero-order valence-corrected chi connectivity index (χ0v) is 19.3. The van der Waals surface area contributed by atoms with Crippen LogP contribution in [0, 0.1) is 0 Å². The van der Waals surface area contributed by atoms with Crippen LogP contribution in [0.4, 0.5) is 0 Å². The fourth-order valence-corrected chi connectivity index (χ4v) is 4.42. The molecular formula is C26H29N3O5. The highest BCUT2D eigenvalue weighted by Crippen LogP contribution is 2.28. The van der Waals surface area contributed by atoms with Crippen molar-refractivity contribution in [1.29, 1.82) is 0 Å². The number of nitrogens with one attached hydrogen (secondary N) is 1. The lowest BCUT2D eigenvalue weighted by molar-refractivity contribution is -0.132. The van der Waals surface area contributed by atoms with E-state index in [2.05, 4.69) is 5.32 Å². The molecule has 8 nitrogen and oxygen atoms in total. The number of benzene rings is 2. The number of nitrogens with zero attached hydrogens (tertiary/aromatic N) is 2. The number of hydrogen-bond donors (Lipinski definition) is 1. The first-order valence-corrected chi connectivity index (χ1v) is 11.7. The van der Waals surface area contributed by atoms with Crippen molar-refractivity contribution in [2.75, 3.05) is 26.2 Å². The highest BCUT2D eigenvalue weighted by Gasteiger charge is 2.35. The third kappa shape index (κ3) is 4.95. The van der Waals surface area contributed by atoms with E-state index in [4.69, 9.17) is 4.74 Å². The van der Waals surface area contributed by atoms with Gasteiger partial charge in [0.05, 0.1) is 17.2 Å². The van der Waals surface area contributed by atoms with Gasteiger partial charge in [0.1, 0.15) is 5.75 Å². The topological polar surface area (TPSA) is 96.0 Å². The van der Waals surface area contributed by atoms with Gasteiger partial charge in [0, 0.05) is 31.6 Å². The Morgan fingerprint density at radius 3 is 2.24 bits per heavy atom. The predicted molar refractivity (Wildman–Crippen MR) is 125 cm³/mol. The summed E-state index contributed by atoms with van der Waals surface area (Å²) in [5, 5.41) is 2.98. The average molecular weight is 464 g/mol. The Hall–Kier alpha value is -3.68. The van der Waals surface area contributed by atoms with Crippen LogP contribution >= 0.6 is 0 Å². The average Bonchev–Trinajstić information content (AvgIpc) is 3.48. The van der Waals surface area contributed by atoms with Gasteiger partial charge in [-0.25, -0.2) is 0 Å². The predicted octanol–water partition coefficient (Wildman–Crippen LogP) is 2.94. The molecule has 4 rings (SSSR count). The maximum atomic E-state index is 12.7. The molecule has 8 heteroatoms. The molecule has 2 heterocycles. The van der Waals surface area contributed by atoms with Gasteiger partial charge in [-0.2, -0.15) is 0 Å². The molecule has 0 radical (unpaired) electrons. The first-order chi connectivity index (χ1) is 16.5. The zero-order chi connectivity index (χ0) is 24.1. The van der Waals surface area contributed by atoms with Crippen molar-refractivity contribution in [3.05, 3.63) is 65.2 Å². The number of hydrogen-bond acceptors (Lipinski definition) is 5. The monoisotopic (exact) mass is 463 g/mol. The zero-order valence-electron chi connectivity index (χ0n) is 19.3. The minimum atomic E-state index is -0.373. The molecule has 178 valence electrons. The van der Waals surface area contributed by atoms with E-state index in [0.29, 0.717) is 23.3 Å². The van der Waals surface area contributed by atoms with E-state index in [-0.39, 0.29) is 49.2 Å². The molecule has 1 saturated heterocycles. The summed E-state index contributed by atoms with van der Waals surface area (Å²) in [6, 6.07) is 13.7. The van der Waals surface area contributed by atoms with Crippen LogP contribution in [0.25, 0.3) is 0 Å². The molecule has 0 aromatic heterocycles. The number of ether oxygens (including phenoxy) is 1. The smallest absolute Gasteiger partial charge is 0.261 e. The van der Waals surface area contributed by atoms with Crippen molar-refractivity contribution in [3.8, 4) is 5.75 Å². The van der Waals surface area contributed by atoms with Crippen LogP contribution in [0.2, 0.25) is 0 Å². The molecule has 2 aliphatic heterocycles. The third-order valence-electron chi connectivity index (χ3n) is 6.29. The molecule has 2 aromatic carbocycles. The molecule has 4 amide bonds. The number of carbonyl (C=O) groups excluding carboxylic acids is 4. The Labute approximate surface area is 198 Å². The summed E-state index contributed by atoms with van der Waals surface area (Å²) in [4.78, 5) is 53.0. The third-order valence-corrected chi connectivity index (χ3v) is 6.29. The summed E-state index contributed by atoms with van der Waals surface area (Å²) in [6.45, 7) is 3.45. The summed E-state index contributed by atoms with van der Waals surface area (Å²) in [5.74, 6) is -0.497. The fourth-order valence-electron chi connectivity index (χ4n) is 4.42. The highest BCUT2D eigenvalue weighted by molar-refractivity contribution is 6.21. The Balaban J connectivity index is 1.35. The van der Waals surface area contributed by atoms with Crippen LogP contribution in [0.1, 0.15) is 64.9 Å². The molecule has 34 heavy (non-hydrogen) atoms. The summed E-state index contributed by atoms with van der Waals surface area (Å²) in [7, 11) is 0. The summed E-state index contributed by atoms with van der Waals surface area (Å²) < 4.78 is 5.84. The van der Waals surface area contributed by atoms with Crippen LogP contribution in [0.15, 0.2) is 48.5 Å². The Morgan fingerprint density at radius 1 is 0.971 bits per heavy atom. The van der Waals surface area contributed by atoms with Crippen molar-refractivity contribution < 1.29 is 23.9 Å². The summed E-state index contributed by atoms with van der Waals surface area (Å²) >= 11 is 0. The van der Waals surface area contributed by atoms with Crippen molar-refractivity contribution in [1.82, 2.24) is 15.1 Å². The standard InChI is InChI=1S/C26H29N3O5/c1-2-21(20-11-5-6-12-22(20)34-17-24(31)28-14-7-8-15-28)27-23(30)13-16-29-25(32)18-9-3-4-10-19(18)26(29)33/h3-6,9-12,21H,2,7-8,13-17H2,1H3,(H,27,30). The van der Waals surface area contributed by atoms with Crippen LogP contribution in [-0.4, -0.2) is 59.7 Å². The second kappa shape index (κ2) is 10.5. The lowest BCUT2D eigenvalue weighted by Crippen LogP contribution is -2.36. The number of imide groups is 1. The second-order valence-electron chi connectivity index (χ2n) is 8.50. The van der Waals surface area contributed by atoms with E-state index in [1.807, 2.05) is 25.1 Å². The number of para-hydroxylation sites is 1. The lowest BCUT2D eigenvalue weighted by atomic mass is 10.0. The molecule has 2 aromatic rings. The fraction of sp³-hybridized carbons (Fsp3) is 0.385. The Bertz CT molecular complexity index is 1060. The van der Waals surface area contributed by atoms with Crippen molar-refractivity contribution in [3.63, 3.8) is 0 Å². The largest absolute Gasteiger partial charge is 0.483 e. The number of carbonyl (C=O) groups is 4. The molecule has 1 fully saturated rings. The first-order valence-electron chi connectivity index (χ1n) is 11.7. The SMILES string of the molecule is CCC(NC(=O)CCN1C(=O)c2ccccc2C1=O)c1ccccc1OCC(=O)N1CCCC1. The van der Waals surface area contributed by atoms with Gasteiger partial charge in [0.25, 0.3) is 17.7 Å². The quantitative estimate of drug-likeness (QED) is 0.577. The number of amides is 4. The van der Waals surface area contributed by atoms with Crippen molar-refractivity contribution >= 4 is 23.6 Å². The maximum Gasteiger partial charge on any atom is 0.261 e. The lowest BCUT2D eigenvalue weighted by Gasteiger charge is -2.22. The van der Waals surface area contributed by atoms with Crippen molar-refractivity contribution in [2.45, 2.75) is 38.6 Å². The maximum absolute atomic E-state index is 12.7. The van der Waals surface area contributed by atoms with Gasteiger partial charge in [-0.3, -0.25) is 24.1 Å². The Morgan fingerprint density at radius 2 is 1.59 bits per heavy atom. The molecule has 0 saturated carbocycles. The molecule has 2 aliphatic rings. The molecule has 0 spiro atoms. The van der Waals surface area contributed by atoms with E-state index in [0.717, 1.165) is 36.4 Å². The van der Waals surface area contributed by atoms with E-state index < -0.39 is 0 Å². The van der Waals surface area contributed by atoms with Gasteiger partial charge in [0.2, 0.25) is 5.91 Å². The summed E-state index contributed by atoms with van der Waals surface area (Å²) in [6.07, 6.45) is 2.65. The first kappa shape index (κ1) is 23.5. The molecule has 1 N–H and O–H groups in total. The summed E-state index contributed by atoms with van der Waals surface area (Å²) in [5.41, 5.74) is 1.52. The highest BCUT2D eigenvalue weighted by atomic mass is 16.5. The van der Waals surface area contributed by atoms with Crippen LogP contribution in [0.3, 0.4) is 0 Å². The van der Waals surface area contributed by atoms with E-state index in [9.17, 15) is 19.2 Å². The minimum Gasteiger partial charge on any atom is -0.483 e. The van der Waals surface area contributed by atoms with Gasteiger partial charge in [0.15, 0.2) is 6.61 Å². The number of rotatable bonds is 9.